The third-order valence-electron chi connectivity index (χ3n) is 5.63. The summed E-state index contributed by atoms with van der Waals surface area (Å²) in [6.45, 7) is 0. The average Bonchev–Trinajstić information content (AvgIpc) is 2.96. The van der Waals surface area contributed by atoms with Gasteiger partial charge < -0.3 is 14.9 Å². The summed E-state index contributed by atoms with van der Waals surface area (Å²) < 4.78 is 5.63. The Morgan fingerprint density at radius 1 is 1.22 bits per heavy atom. The number of benzene rings is 1. The van der Waals surface area contributed by atoms with E-state index in [-0.39, 0.29) is 23.9 Å². The predicted molar refractivity (Wildman–Crippen MR) is 105 cm³/mol. The topological polar surface area (TPSA) is 66.8 Å². The van der Waals surface area contributed by atoms with Crippen molar-refractivity contribution in [3.63, 3.8) is 0 Å². The maximum Gasteiger partial charge on any atom is 0.306 e. The van der Waals surface area contributed by atoms with Crippen molar-refractivity contribution in [2.75, 3.05) is 0 Å². The van der Waals surface area contributed by atoms with Gasteiger partial charge in [0, 0.05) is 24.7 Å². The van der Waals surface area contributed by atoms with E-state index in [1.165, 1.54) is 5.56 Å². The second-order valence-electron chi connectivity index (χ2n) is 7.65. The first-order valence-corrected chi connectivity index (χ1v) is 10.1. The van der Waals surface area contributed by atoms with Crippen molar-refractivity contribution in [1.29, 1.82) is 0 Å². The van der Waals surface area contributed by atoms with Crippen LogP contribution in [-0.4, -0.2) is 34.5 Å². The van der Waals surface area contributed by atoms with Gasteiger partial charge in [-0.25, -0.2) is 0 Å². The third kappa shape index (κ3) is 5.78. The maximum absolute atomic E-state index is 12.0. The molecule has 1 aliphatic carbocycles. The molecule has 2 aliphatic rings. The fourth-order valence-electron chi connectivity index (χ4n) is 4.09. The first-order chi connectivity index (χ1) is 13.1. The molecule has 2 N–H and O–H groups in total. The molecule has 1 heterocycles. The van der Waals surface area contributed by atoms with E-state index in [0.717, 1.165) is 25.7 Å². The standard InChI is InChI=1S/C23H30O4/c24-18(13-12-17-8-4-3-5-9-17)14-15-19-20-10-6-1-2-7-11-23(26)27-22(20)16-21(19)25/h1,3-6,8-9,14-15,18-22,24-25H,2,7,10-13,16H2/t18?,19-,20-,21-,22+/m1/s1. The number of allylic oxidation sites excluding steroid dienone is 2. The quantitative estimate of drug-likeness (QED) is 0.614. The van der Waals surface area contributed by atoms with Crippen molar-refractivity contribution >= 4 is 5.97 Å². The zero-order chi connectivity index (χ0) is 19.1. The van der Waals surface area contributed by atoms with Crippen molar-refractivity contribution < 1.29 is 19.7 Å². The van der Waals surface area contributed by atoms with Gasteiger partial charge in [0.25, 0.3) is 0 Å². The van der Waals surface area contributed by atoms with Crippen LogP contribution in [0.15, 0.2) is 54.6 Å². The lowest BCUT2D eigenvalue weighted by atomic mass is 9.89. The van der Waals surface area contributed by atoms with Gasteiger partial charge in [0.1, 0.15) is 6.10 Å². The molecular formula is C23H30O4. The van der Waals surface area contributed by atoms with Crippen LogP contribution in [0.2, 0.25) is 0 Å². The summed E-state index contributed by atoms with van der Waals surface area (Å²) in [5.41, 5.74) is 1.20. The molecule has 4 nitrogen and oxygen atoms in total. The molecule has 4 heteroatoms. The van der Waals surface area contributed by atoms with Crippen molar-refractivity contribution in [2.45, 2.75) is 63.3 Å². The molecule has 0 bridgehead atoms. The zero-order valence-electron chi connectivity index (χ0n) is 15.7. The second-order valence-corrected chi connectivity index (χ2v) is 7.65. The van der Waals surface area contributed by atoms with Crippen molar-refractivity contribution in [1.82, 2.24) is 0 Å². The Morgan fingerprint density at radius 2 is 2.04 bits per heavy atom. The van der Waals surface area contributed by atoms with Crippen LogP contribution in [0.1, 0.15) is 44.1 Å². The van der Waals surface area contributed by atoms with Crippen LogP contribution in [-0.2, 0) is 16.0 Å². The van der Waals surface area contributed by atoms with Gasteiger partial charge in [0.05, 0.1) is 12.2 Å². The van der Waals surface area contributed by atoms with Crippen molar-refractivity contribution in [2.24, 2.45) is 11.8 Å². The SMILES string of the molecule is O=C1CCCC=CC[C@@H]2[C@@H](C=CC(O)CCc3ccccc3)[C@H](O)C[C@@H]2O1. The Morgan fingerprint density at radius 3 is 2.85 bits per heavy atom. The summed E-state index contributed by atoms with van der Waals surface area (Å²) >= 11 is 0. The highest BCUT2D eigenvalue weighted by molar-refractivity contribution is 5.69. The Bertz CT molecular complexity index is 652. The van der Waals surface area contributed by atoms with Crippen LogP contribution in [0.5, 0.6) is 0 Å². The number of esters is 1. The molecule has 0 spiro atoms. The number of ether oxygens (including phenoxy) is 1. The minimum Gasteiger partial charge on any atom is -0.462 e. The summed E-state index contributed by atoms with van der Waals surface area (Å²) in [5, 5.41) is 20.8. The summed E-state index contributed by atoms with van der Waals surface area (Å²) in [4.78, 5) is 12.0. The molecule has 3 rings (SSSR count). The Labute approximate surface area is 161 Å². The number of rotatable bonds is 5. The van der Waals surface area contributed by atoms with Crippen LogP contribution in [0.25, 0.3) is 0 Å². The normalized spacial score (nSPS) is 30.1. The molecule has 146 valence electrons. The summed E-state index contributed by atoms with van der Waals surface area (Å²) in [5.74, 6) is -0.200. The van der Waals surface area contributed by atoms with E-state index in [9.17, 15) is 15.0 Å². The first kappa shape index (κ1) is 19.8. The number of hydrogen-bond donors (Lipinski definition) is 2. The molecule has 1 saturated carbocycles. The summed E-state index contributed by atoms with van der Waals surface area (Å²) in [6.07, 6.45) is 11.5. The number of carbonyl (C=O) groups excluding carboxylic acids is 1. The summed E-state index contributed by atoms with van der Waals surface area (Å²) in [7, 11) is 0. The van der Waals surface area contributed by atoms with Crippen LogP contribution in [0, 0.1) is 11.8 Å². The molecule has 1 aliphatic heterocycles. The van der Waals surface area contributed by atoms with E-state index >= 15 is 0 Å². The van der Waals surface area contributed by atoms with E-state index in [0.29, 0.717) is 19.3 Å². The predicted octanol–water partition coefficient (Wildman–Crippen LogP) is 3.58. The van der Waals surface area contributed by atoms with Crippen molar-refractivity contribution in [3.05, 3.63) is 60.2 Å². The molecule has 0 amide bonds. The lowest BCUT2D eigenvalue weighted by Gasteiger charge is -2.23. The van der Waals surface area contributed by atoms with Gasteiger partial charge in [0.15, 0.2) is 0 Å². The Hall–Kier alpha value is -1.91. The van der Waals surface area contributed by atoms with Crippen LogP contribution >= 0.6 is 0 Å². The number of fused-ring (bicyclic) bond motifs is 1. The van der Waals surface area contributed by atoms with Gasteiger partial charge in [-0.1, -0.05) is 54.6 Å². The van der Waals surface area contributed by atoms with Gasteiger partial charge in [-0.15, -0.1) is 0 Å². The molecular weight excluding hydrogens is 340 g/mol. The largest absolute Gasteiger partial charge is 0.462 e. The fraction of sp³-hybridized carbons (Fsp3) is 0.522. The van der Waals surface area contributed by atoms with E-state index in [1.807, 2.05) is 24.3 Å². The highest BCUT2D eigenvalue weighted by Crippen LogP contribution is 2.38. The molecule has 0 aromatic heterocycles. The van der Waals surface area contributed by atoms with Gasteiger partial charge in [0.2, 0.25) is 0 Å². The maximum atomic E-state index is 12.0. The van der Waals surface area contributed by atoms with Crippen LogP contribution in [0.4, 0.5) is 0 Å². The number of hydrogen-bond acceptors (Lipinski definition) is 4. The first-order valence-electron chi connectivity index (χ1n) is 10.1. The lowest BCUT2D eigenvalue weighted by molar-refractivity contribution is -0.151. The number of aliphatic hydroxyl groups is 2. The molecule has 27 heavy (non-hydrogen) atoms. The van der Waals surface area contributed by atoms with Crippen molar-refractivity contribution in [3.8, 4) is 0 Å². The van der Waals surface area contributed by atoms with E-state index < -0.39 is 12.2 Å². The molecule has 5 atom stereocenters. The third-order valence-corrected chi connectivity index (χ3v) is 5.63. The zero-order valence-corrected chi connectivity index (χ0v) is 15.7. The van der Waals surface area contributed by atoms with Gasteiger partial charge in [-0.05, 0) is 37.7 Å². The molecule has 0 saturated heterocycles. The van der Waals surface area contributed by atoms with Gasteiger partial charge in [-0.3, -0.25) is 4.79 Å². The fourth-order valence-corrected chi connectivity index (χ4v) is 4.09. The van der Waals surface area contributed by atoms with E-state index in [1.54, 1.807) is 6.08 Å². The molecule has 0 radical (unpaired) electrons. The monoisotopic (exact) mass is 370 g/mol. The van der Waals surface area contributed by atoms with E-state index in [4.69, 9.17) is 4.74 Å². The minimum absolute atomic E-state index is 0.0656. The Balaban J connectivity index is 1.60. The highest BCUT2D eigenvalue weighted by Gasteiger charge is 2.42. The number of aryl methyl sites for hydroxylation is 1. The van der Waals surface area contributed by atoms with Crippen LogP contribution in [0.3, 0.4) is 0 Å². The second kappa shape index (κ2) is 9.86. The average molecular weight is 370 g/mol. The number of aliphatic hydroxyl groups excluding tert-OH is 2. The summed E-state index contributed by atoms with van der Waals surface area (Å²) in [6, 6.07) is 10.1. The minimum atomic E-state index is -0.547. The smallest absolute Gasteiger partial charge is 0.306 e. The Kier molecular flexibility index (Phi) is 7.25. The molecule has 1 aromatic rings. The number of carbonyl (C=O) groups is 1. The lowest BCUT2D eigenvalue weighted by Crippen LogP contribution is -2.25. The van der Waals surface area contributed by atoms with Crippen LogP contribution < -0.4 is 0 Å². The molecule has 1 unspecified atom stereocenters. The highest BCUT2D eigenvalue weighted by atomic mass is 16.5. The van der Waals surface area contributed by atoms with E-state index in [2.05, 4.69) is 24.3 Å². The van der Waals surface area contributed by atoms with Gasteiger partial charge in [-0.2, -0.15) is 0 Å². The molecule has 1 fully saturated rings. The van der Waals surface area contributed by atoms with Gasteiger partial charge >= 0.3 is 5.97 Å². The molecule has 1 aromatic carbocycles.